The number of guanidine groups is 1. The molecular weight excluding hydrogens is 377 g/mol. The van der Waals surface area contributed by atoms with Crippen LogP contribution < -0.4 is 16.2 Å². The summed E-state index contributed by atoms with van der Waals surface area (Å²) in [5.41, 5.74) is 10.1. The van der Waals surface area contributed by atoms with E-state index in [-0.39, 0.29) is 28.2 Å². The molecule has 0 atom stereocenters. The van der Waals surface area contributed by atoms with Crippen molar-refractivity contribution in [2.45, 2.75) is 6.18 Å². The SMILES string of the molecule is CN(C(=N)N)C(=O)c1cc2c(C(F)(F)F)ccc(Oc3cc(N)ccn3)c2[nH]1. The molecule has 1 aromatic carbocycles. The fourth-order valence-electron chi connectivity index (χ4n) is 2.52. The maximum Gasteiger partial charge on any atom is 0.417 e. The number of nitrogens with two attached hydrogens (primary N) is 2. The number of nitrogens with zero attached hydrogens (tertiary/aromatic N) is 2. The van der Waals surface area contributed by atoms with Crippen LogP contribution in [0.4, 0.5) is 18.9 Å². The molecule has 0 aliphatic carbocycles. The van der Waals surface area contributed by atoms with Crippen molar-refractivity contribution in [1.29, 1.82) is 5.41 Å². The molecule has 0 fully saturated rings. The zero-order valence-corrected chi connectivity index (χ0v) is 14.5. The molecule has 6 N–H and O–H groups in total. The molecule has 2 aromatic heterocycles. The van der Waals surface area contributed by atoms with Gasteiger partial charge < -0.3 is 21.2 Å². The number of rotatable bonds is 3. The van der Waals surface area contributed by atoms with Gasteiger partial charge in [-0.25, -0.2) is 4.98 Å². The maximum absolute atomic E-state index is 13.4. The Bertz CT molecular complexity index is 1080. The van der Waals surface area contributed by atoms with E-state index in [2.05, 4.69) is 9.97 Å². The Kier molecular flexibility index (Phi) is 4.59. The average Bonchev–Trinajstić information content (AvgIpc) is 3.05. The van der Waals surface area contributed by atoms with Crippen molar-refractivity contribution < 1.29 is 22.7 Å². The number of carbonyl (C=O) groups excluding carboxylic acids is 1. The van der Waals surface area contributed by atoms with Gasteiger partial charge in [-0.1, -0.05) is 0 Å². The third-order valence-electron chi connectivity index (χ3n) is 3.93. The molecule has 0 aliphatic heterocycles. The number of aromatic nitrogens is 2. The number of carbonyl (C=O) groups is 1. The summed E-state index contributed by atoms with van der Waals surface area (Å²) in [6.45, 7) is 0. The van der Waals surface area contributed by atoms with Gasteiger partial charge in [0, 0.05) is 30.4 Å². The Morgan fingerprint density at radius 2 is 2.00 bits per heavy atom. The number of fused-ring (bicyclic) bond motifs is 1. The highest BCUT2D eigenvalue weighted by atomic mass is 19.4. The monoisotopic (exact) mass is 392 g/mol. The predicted molar refractivity (Wildman–Crippen MR) is 96.0 cm³/mol. The van der Waals surface area contributed by atoms with E-state index in [1.165, 1.54) is 25.4 Å². The second kappa shape index (κ2) is 6.76. The minimum absolute atomic E-state index is 0.0191. The topological polar surface area (TPSA) is 134 Å². The number of benzene rings is 1. The zero-order chi connectivity index (χ0) is 20.6. The Morgan fingerprint density at radius 1 is 1.29 bits per heavy atom. The van der Waals surface area contributed by atoms with Crippen LogP contribution in [0.5, 0.6) is 11.6 Å². The highest BCUT2D eigenvalue weighted by molar-refractivity contribution is 6.06. The zero-order valence-electron chi connectivity index (χ0n) is 14.5. The number of nitrogen functional groups attached to an aromatic ring is 1. The summed E-state index contributed by atoms with van der Waals surface area (Å²) >= 11 is 0. The van der Waals surface area contributed by atoms with E-state index >= 15 is 0 Å². The van der Waals surface area contributed by atoms with Crippen LogP contribution in [0.2, 0.25) is 0 Å². The summed E-state index contributed by atoms with van der Waals surface area (Å²) in [4.78, 5) is 19.7. The first kappa shape index (κ1) is 19.0. The molecule has 0 bridgehead atoms. The van der Waals surface area contributed by atoms with Crippen LogP contribution in [-0.4, -0.2) is 33.8 Å². The van der Waals surface area contributed by atoms with E-state index in [0.29, 0.717) is 5.69 Å². The number of pyridine rings is 1. The van der Waals surface area contributed by atoms with Gasteiger partial charge in [0.25, 0.3) is 5.91 Å². The average molecular weight is 392 g/mol. The Balaban J connectivity index is 2.15. The lowest BCUT2D eigenvalue weighted by Crippen LogP contribution is -2.38. The van der Waals surface area contributed by atoms with E-state index in [1.807, 2.05) is 0 Å². The molecule has 0 radical (unpaired) electrons. The summed E-state index contributed by atoms with van der Waals surface area (Å²) in [6.07, 6.45) is -3.27. The Hall–Kier alpha value is -3.76. The van der Waals surface area contributed by atoms with E-state index in [1.54, 1.807) is 0 Å². The fraction of sp³-hybridized carbons (Fsp3) is 0.118. The number of alkyl halides is 3. The maximum atomic E-state index is 13.4. The van der Waals surface area contributed by atoms with Gasteiger partial charge in [0.2, 0.25) is 5.88 Å². The van der Waals surface area contributed by atoms with Gasteiger partial charge in [0.05, 0.1) is 11.1 Å². The summed E-state index contributed by atoms with van der Waals surface area (Å²) in [5.74, 6) is -1.24. The van der Waals surface area contributed by atoms with E-state index in [4.69, 9.17) is 21.6 Å². The van der Waals surface area contributed by atoms with Crippen LogP contribution in [0, 0.1) is 5.41 Å². The lowest BCUT2D eigenvalue weighted by atomic mass is 10.1. The first-order valence-corrected chi connectivity index (χ1v) is 7.82. The van der Waals surface area contributed by atoms with Gasteiger partial charge in [-0.3, -0.25) is 15.1 Å². The number of nitrogens with one attached hydrogen (secondary N) is 2. The van der Waals surface area contributed by atoms with Crippen molar-refractivity contribution in [2.24, 2.45) is 5.73 Å². The lowest BCUT2D eigenvalue weighted by molar-refractivity contribution is -0.136. The first-order valence-electron chi connectivity index (χ1n) is 7.82. The largest absolute Gasteiger partial charge is 0.437 e. The van der Waals surface area contributed by atoms with Crippen molar-refractivity contribution >= 4 is 28.5 Å². The third kappa shape index (κ3) is 3.54. The summed E-state index contributed by atoms with van der Waals surface area (Å²) in [6, 6.07) is 5.94. The third-order valence-corrected chi connectivity index (χ3v) is 3.93. The van der Waals surface area contributed by atoms with Gasteiger partial charge in [-0.15, -0.1) is 0 Å². The summed E-state index contributed by atoms with van der Waals surface area (Å²) < 4.78 is 45.7. The number of ether oxygens (including phenoxy) is 1. The second-order valence-electron chi connectivity index (χ2n) is 5.86. The molecule has 11 heteroatoms. The van der Waals surface area contributed by atoms with Crippen molar-refractivity contribution in [2.75, 3.05) is 12.8 Å². The molecule has 3 aromatic rings. The van der Waals surface area contributed by atoms with Crippen LogP contribution in [0.3, 0.4) is 0 Å². The van der Waals surface area contributed by atoms with Crippen LogP contribution in [0.15, 0.2) is 36.5 Å². The molecule has 0 saturated carbocycles. The highest BCUT2D eigenvalue weighted by Gasteiger charge is 2.34. The number of halogens is 3. The van der Waals surface area contributed by atoms with E-state index < -0.39 is 23.6 Å². The molecule has 0 aliphatic rings. The van der Waals surface area contributed by atoms with Gasteiger partial charge in [0.15, 0.2) is 11.7 Å². The van der Waals surface area contributed by atoms with Crippen LogP contribution in [0.25, 0.3) is 10.9 Å². The molecule has 3 rings (SSSR count). The Morgan fingerprint density at radius 3 is 2.61 bits per heavy atom. The molecule has 2 heterocycles. The van der Waals surface area contributed by atoms with Crippen molar-refractivity contribution in [3.05, 3.63) is 47.8 Å². The number of amides is 1. The fourth-order valence-corrected chi connectivity index (χ4v) is 2.52. The van der Waals surface area contributed by atoms with Crippen molar-refractivity contribution in [3.63, 3.8) is 0 Å². The molecule has 0 saturated heterocycles. The van der Waals surface area contributed by atoms with Crippen molar-refractivity contribution in [1.82, 2.24) is 14.9 Å². The number of anilines is 1. The molecule has 28 heavy (non-hydrogen) atoms. The van der Waals surface area contributed by atoms with Crippen LogP contribution >= 0.6 is 0 Å². The Labute approximate surface area is 156 Å². The highest BCUT2D eigenvalue weighted by Crippen LogP contribution is 2.39. The summed E-state index contributed by atoms with van der Waals surface area (Å²) in [7, 11) is 1.23. The van der Waals surface area contributed by atoms with Gasteiger partial charge in [-0.2, -0.15) is 13.2 Å². The van der Waals surface area contributed by atoms with Gasteiger partial charge >= 0.3 is 6.18 Å². The number of hydrogen-bond donors (Lipinski definition) is 4. The van der Waals surface area contributed by atoms with Crippen LogP contribution in [0.1, 0.15) is 16.1 Å². The normalized spacial score (nSPS) is 11.4. The van der Waals surface area contributed by atoms with Gasteiger partial charge in [-0.05, 0) is 24.3 Å². The standard InChI is InChI=1S/C17H15F3N6O2/c1-26(16(22)23)15(27)11-7-9-10(17(18,19)20)2-3-12(14(9)25-11)28-13-6-8(21)4-5-24-13/h2-7,25H,1H3,(H2,21,24)(H3,22,23). The predicted octanol–water partition coefficient (Wildman–Crippen LogP) is 2.92. The minimum Gasteiger partial charge on any atom is -0.437 e. The number of hydrogen-bond acceptors (Lipinski definition) is 5. The van der Waals surface area contributed by atoms with E-state index in [0.717, 1.165) is 23.1 Å². The first-order chi connectivity index (χ1) is 13.1. The molecule has 8 nitrogen and oxygen atoms in total. The van der Waals surface area contributed by atoms with E-state index in [9.17, 15) is 18.0 Å². The minimum atomic E-state index is -4.65. The molecule has 0 spiro atoms. The number of aromatic amines is 1. The van der Waals surface area contributed by atoms with Crippen molar-refractivity contribution in [3.8, 4) is 11.6 Å². The number of H-pyrrole nitrogens is 1. The van der Waals surface area contributed by atoms with Crippen LogP contribution in [-0.2, 0) is 6.18 Å². The summed E-state index contributed by atoms with van der Waals surface area (Å²) in [5, 5.41) is 7.04. The lowest BCUT2D eigenvalue weighted by Gasteiger charge is -2.12. The molecule has 1 amide bonds. The quantitative estimate of drug-likeness (QED) is 0.402. The smallest absolute Gasteiger partial charge is 0.417 e. The van der Waals surface area contributed by atoms with Gasteiger partial charge in [0.1, 0.15) is 5.69 Å². The second-order valence-corrected chi connectivity index (χ2v) is 5.86. The molecule has 146 valence electrons. The molecular formula is C17H15F3N6O2. The molecule has 0 unspecified atom stereocenters.